The zero-order valence-electron chi connectivity index (χ0n) is 22.3. The van der Waals surface area contributed by atoms with Crippen molar-refractivity contribution in [3.05, 3.63) is 36.4 Å². The van der Waals surface area contributed by atoms with E-state index >= 15 is 0 Å². The molecule has 0 aromatic heterocycles. The number of benzene rings is 1. The van der Waals surface area contributed by atoms with Crippen molar-refractivity contribution in [3.63, 3.8) is 0 Å². The molecule has 2 aliphatic rings. The highest BCUT2D eigenvalue weighted by atomic mass is 16.5. The summed E-state index contributed by atoms with van der Waals surface area (Å²) in [5.41, 5.74) is 0.728. The Morgan fingerprint density at radius 3 is 2.19 bits per heavy atom. The molecular formula is C30H43NO6. The van der Waals surface area contributed by atoms with Gasteiger partial charge in [0.25, 0.3) is 0 Å². The van der Waals surface area contributed by atoms with Crippen molar-refractivity contribution in [1.82, 2.24) is 0 Å². The van der Waals surface area contributed by atoms with Crippen molar-refractivity contribution in [3.8, 4) is 11.5 Å². The molecule has 3 rings (SSSR count). The van der Waals surface area contributed by atoms with Crippen molar-refractivity contribution in [2.45, 2.75) is 71.1 Å². The Labute approximate surface area is 221 Å². The quantitative estimate of drug-likeness (QED) is 0.139. The molecule has 2 saturated carbocycles. The Hall–Kier alpha value is -2.83. The molecule has 0 amide bonds. The van der Waals surface area contributed by atoms with Gasteiger partial charge in [0.2, 0.25) is 0 Å². The van der Waals surface area contributed by atoms with Gasteiger partial charge in [-0.3, -0.25) is 4.79 Å². The average Bonchev–Trinajstić information content (AvgIpc) is 2.93. The summed E-state index contributed by atoms with van der Waals surface area (Å²) in [5, 5.41) is 7.81. The van der Waals surface area contributed by atoms with E-state index in [1.165, 1.54) is 31.9 Å². The topological polar surface area (TPSA) is 94.9 Å². The fourth-order valence-corrected chi connectivity index (χ4v) is 5.07. The summed E-state index contributed by atoms with van der Waals surface area (Å²) >= 11 is 0. The third-order valence-corrected chi connectivity index (χ3v) is 7.61. The number of esters is 2. The van der Waals surface area contributed by atoms with Crippen LogP contribution in [0.1, 0.15) is 76.7 Å². The standard InChI is InChI=1S/C30H43NO6/c1-3-29(32)34-16-4-5-17-35-30(33)25-12-10-24(11-13-25)21-37-28-15-14-27(18-26(28)19-31)36-20-23-8-6-22(2)7-9-23/h3,14-15,18-19,22-25,31H,1,4-13,16-17,20-21H2,2H3. The Bertz CT molecular complexity index is 884. The van der Waals surface area contributed by atoms with Crippen LogP contribution in [0.25, 0.3) is 0 Å². The molecule has 2 fully saturated rings. The summed E-state index contributed by atoms with van der Waals surface area (Å²) in [4.78, 5) is 23.4. The van der Waals surface area contributed by atoms with E-state index in [-0.39, 0.29) is 11.9 Å². The highest BCUT2D eigenvalue weighted by molar-refractivity contribution is 5.82. The molecule has 2 aliphatic carbocycles. The zero-order valence-corrected chi connectivity index (χ0v) is 22.3. The molecule has 0 spiro atoms. The van der Waals surface area contributed by atoms with Crippen LogP contribution in [0.15, 0.2) is 30.9 Å². The normalized spacial score (nSPS) is 23.5. The molecule has 37 heavy (non-hydrogen) atoms. The molecule has 0 aliphatic heterocycles. The van der Waals surface area contributed by atoms with Crippen LogP contribution in [0.2, 0.25) is 0 Å². The van der Waals surface area contributed by atoms with Gasteiger partial charge in [-0.2, -0.15) is 0 Å². The third kappa shape index (κ3) is 9.86. The molecule has 0 bridgehead atoms. The SMILES string of the molecule is C=CC(=O)OCCCCOC(=O)C1CCC(COc2ccc(OCC3CCC(C)CC3)cc2C=N)CC1. The molecule has 0 saturated heterocycles. The van der Waals surface area contributed by atoms with Gasteiger partial charge in [0.15, 0.2) is 0 Å². The molecule has 1 N–H and O–H groups in total. The van der Waals surface area contributed by atoms with E-state index < -0.39 is 5.97 Å². The Morgan fingerprint density at radius 2 is 1.54 bits per heavy atom. The van der Waals surface area contributed by atoms with E-state index in [4.69, 9.17) is 24.4 Å². The summed E-state index contributed by atoms with van der Waals surface area (Å²) in [6.07, 6.45) is 12.2. The molecule has 7 nitrogen and oxygen atoms in total. The summed E-state index contributed by atoms with van der Waals surface area (Å²) in [6, 6.07) is 5.73. The van der Waals surface area contributed by atoms with Gasteiger partial charge < -0.3 is 24.4 Å². The maximum atomic E-state index is 12.4. The molecule has 0 atom stereocenters. The van der Waals surface area contributed by atoms with Crippen molar-refractivity contribution < 1.29 is 28.5 Å². The third-order valence-electron chi connectivity index (χ3n) is 7.61. The van der Waals surface area contributed by atoms with Crippen LogP contribution in [-0.4, -0.2) is 44.6 Å². The molecule has 0 heterocycles. The van der Waals surface area contributed by atoms with Crippen LogP contribution in [0, 0.1) is 29.1 Å². The summed E-state index contributed by atoms with van der Waals surface area (Å²) in [7, 11) is 0. The first-order chi connectivity index (χ1) is 18.0. The zero-order chi connectivity index (χ0) is 26.5. The lowest BCUT2D eigenvalue weighted by atomic mass is 9.82. The van der Waals surface area contributed by atoms with Gasteiger partial charge >= 0.3 is 11.9 Å². The van der Waals surface area contributed by atoms with E-state index in [1.54, 1.807) is 0 Å². The van der Waals surface area contributed by atoms with Gasteiger partial charge in [-0.25, -0.2) is 4.79 Å². The van der Waals surface area contributed by atoms with Gasteiger partial charge in [0, 0.05) is 17.9 Å². The first kappa shape index (κ1) is 28.7. The Morgan fingerprint density at radius 1 is 0.919 bits per heavy atom. The predicted octanol–water partition coefficient (Wildman–Crippen LogP) is 6.13. The lowest BCUT2D eigenvalue weighted by Crippen LogP contribution is -2.26. The van der Waals surface area contributed by atoms with Crippen LogP contribution in [0.5, 0.6) is 11.5 Å². The van der Waals surface area contributed by atoms with E-state index in [0.717, 1.165) is 55.6 Å². The number of carbonyl (C=O) groups excluding carboxylic acids is 2. The highest BCUT2D eigenvalue weighted by Crippen LogP contribution is 2.32. The van der Waals surface area contributed by atoms with Crippen molar-refractivity contribution in [2.75, 3.05) is 26.4 Å². The largest absolute Gasteiger partial charge is 0.493 e. The lowest BCUT2D eigenvalue weighted by molar-refractivity contribution is -0.150. The molecule has 7 heteroatoms. The molecule has 0 unspecified atom stereocenters. The number of unbranched alkanes of at least 4 members (excludes halogenated alkanes) is 1. The summed E-state index contributed by atoms with van der Waals surface area (Å²) in [5.74, 6) is 2.71. The molecule has 1 aromatic rings. The molecule has 1 aromatic carbocycles. The summed E-state index contributed by atoms with van der Waals surface area (Å²) < 4.78 is 22.5. The van der Waals surface area contributed by atoms with Crippen LogP contribution in [0.3, 0.4) is 0 Å². The molecule has 204 valence electrons. The van der Waals surface area contributed by atoms with Crippen molar-refractivity contribution in [1.29, 1.82) is 5.41 Å². The van der Waals surface area contributed by atoms with Crippen LogP contribution < -0.4 is 9.47 Å². The number of hydrogen-bond donors (Lipinski definition) is 1. The van der Waals surface area contributed by atoms with E-state index in [0.29, 0.717) is 50.2 Å². The minimum Gasteiger partial charge on any atom is -0.493 e. The monoisotopic (exact) mass is 513 g/mol. The summed E-state index contributed by atoms with van der Waals surface area (Å²) in [6.45, 7) is 7.64. The van der Waals surface area contributed by atoms with Crippen molar-refractivity contribution >= 4 is 18.2 Å². The van der Waals surface area contributed by atoms with Crippen LogP contribution >= 0.6 is 0 Å². The number of rotatable bonds is 14. The minimum atomic E-state index is -0.433. The Kier molecular flexibility index (Phi) is 12.0. The van der Waals surface area contributed by atoms with Gasteiger partial charge in [0.05, 0.1) is 32.3 Å². The van der Waals surface area contributed by atoms with Gasteiger partial charge in [-0.1, -0.05) is 26.3 Å². The predicted molar refractivity (Wildman–Crippen MR) is 143 cm³/mol. The van der Waals surface area contributed by atoms with Gasteiger partial charge in [0.1, 0.15) is 11.5 Å². The second-order valence-corrected chi connectivity index (χ2v) is 10.6. The van der Waals surface area contributed by atoms with Crippen molar-refractivity contribution in [2.24, 2.45) is 23.7 Å². The van der Waals surface area contributed by atoms with E-state index in [9.17, 15) is 9.59 Å². The number of ether oxygens (including phenoxy) is 4. The van der Waals surface area contributed by atoms with E-state index in [1.807, 2.05) is 18.2 Å². The Balaban J connectivity index is 1.32. The van der Waals surface area contributed by atoms with Crippen LogP contribution in [-0.2, 0) is 19.1 Å². The molecule has 0 radical (unpaired) electrons. The van der Waals surface area contributed by atoms with E-state index in [2.05, 4.69) is 13.5 Å². The van der Waals surface area contributed by atoms with Crippen LogP contribution in [0.4, 0.5) is 0 Å². The maximum Gasteiger partial charge on any atom is 0.330 e. The minimum absolute atomic E-state index is 0.0595. The second-order valence-electron chi connectivity index (χ2n) is 10.6. The lowest BCUT2D eigenvalue weighted by Gasteiger charge is -2.27. The number of nitrogens with one attached hydrogen (secondary N) is 1. The maximum absolute atomic E-state index is 12.4. The van der Waals surface area contributed by atoms with Gasteiger partial charge in [-0.05, 0) is 87.3 Å². The highest BCUT2D eigenvalue weighted by Gasteiger charge is 2.28. The van der Waals surface area contributed by atoms with Gasteiger partial charge in [-0.15, -0.1) is 0 Å². The fraction of sp³-hybridized carbons (Fsp3) is 0.633. The fourth-order valence-electron chi connectivity index (χ4n) is 5.07. The average molecular weight is 514 g/mol. The number of carbonyl (C=O) groups is 2. The smallest absolute Gasteiger partial charge is 0.330 e. The molecular weight excluding hydrogens is 470 g/mol. The number of hydrogen-bond acceptors (Lipinski definition) is 7. The first-order valence-corrected chi connectivity index (χ1v) is 13.8. The second kappa shape index (κ2) is 15.4. The first-order valence-electron chi connectivity index (χ1n) is 13.8.